The molecule has 1 fully saturated rings. The van der Waals surface area contributed by atoms with Gasteiger partial charge in [0, 0.05) is 12.1 Å². The fourth-order valence-corrected chi connectivity index (χ4v) is 2.86. The predicted octanol–water partition coefficient (Wildman–Crippen LogP) is 1.81. The van der Waals surface area contributed by atoms with Crippen molar-refractivity contribution in [3.8, 4) is 0 Å². The Kier molecular flexibility index (Phi) is 5.99. The van der Waals surface area contributed by atoms with Gasteiger partial charge in [-0.2, -0.15) is 0 Å². The van der Waals surface area contributed by atoms with E-state index in [1.54, 1.807) is 24.3 Å². The Morgan fingerprint density at radius 1 is 1.19 bits per heavy atom. The van der Waals surface area contributed by atoms with Crippen molar-refractivity contribution in [2.45, 2.75) is 25.0 Å². The Bertz CT molecular complexity index is 746. The maximum atomic E-state index is 12.1. The lowest BCUT2D eigenvalue weighted by molar-refractivity contribution is -0.133. The molecule has 2 aromatic carbocycles. The van der Waals surface area contributed by atoms with Crippen LogP contribution in [0.4, 0.5) is 5.69 Å². The maximum absolute atomic E-state index is 12.1. The van der Waals surface area contributed by atoms with Crippen molar-refractivity contribution in [1.82, 2.24) is 5.32 Å². The molecule has 0 aromatic heterocycles. The first kappa shape index (κ1) is 18.1. The zero-order valence-corrected chi connectivity index (χ0v) is 14.4. The molecule has 2 atom stereocenters. The summed E-state index contributed by atoms with van der Waals surface area (Å²) in [5.41, 5.74) is 2.45. The molecule has 0 radical (unpaired) electrons. The predicted molar refractivity (Wildman–Crippen MR) is 97.5 cm³/mol. The Labute approximate surface area is 152 Å². The number of amides is 2. The van der Waals surface area contributed by atoms with Crippen molar-refractivity contribution in [2.75, 3.05) is 18.5 Å². The first-order chi connectivity index (χ1) is 12.6. The molecule has 0 saturated carbocycles. The van der Waals surface area contributed by atoms with Crippen molar-refractivity contribution >= 4 is 17.5 Å². The van der Waals surface area contributed by atoms with Gasteiger partial charge in [0.1, 0.15) is 12.7 Å². The van der Waals surface area contributed by atoms with Crippen LogP contribution in [0.15, 0.2) is 54.6 Å². The summed E-state index contributed by atoms with van der Waals surface area (Å²) in [6.07, 6.45) is 0.229. The molecule has 0 bridgehead atoms. The summed E-state index contributed by atoms with van der Waals surface area (Å²) < 4.78 is 5.15. The number of aryl methyl sites for hydroxylation is 1. The van der Waals surface area contributed by atoms with E-state index >= 15 is 0 Å². The lowest BCUT2D eigenvalue weighted by atomic mass is 10.0. The zero-order chi connectivity index (χ0) is 18.4. The monoisotopic (exact) mass is 354 g/mol. The molecule has 1 heterocycles. The first-order valence-electron chi connectivity index (χ1n) is 8.61. The summed E-state index contributed by atoms with van der Waals surface area (Å²) in [4.78, 5) is 23.4. The molecular formula is C20H22N2O4. The van der Waals surface area contributed by atoms with Gasteiger partial charge in [-0.3, -0.25) is 9.59 Å². The van der Waals surface area contributed by atoms with Gasteiger partial charge >= 0.3 is 0 Å². The molecule has 1 aliphatic heterocycles. The smallest absolute Gasteiger partial charge is 0.246 e. The van der Waals surface area contributed by atoms with Gasteiger partial charge in [0.25, 0.3) is 0 Å². The average molecular weight is 354 g/mol. The number of morpholine rings is 1. The summed E-state index contributed by atoms with van der Waals surface area (Å²) in [6, 6.07) is 16.3. The average Bonchev–Trinajstić information content (AvgIpc) is 2.67. The van der Waals surface area contributed by atoms with Crippen LogP contribution < -0.4 is 10.6 Å². The molecule has 136 valence electrons. The minimum absolute atomic E-state index is 0.0250. The Morgan fingerprint density at radius 3 is 2.62 bits per heavy atom. The van der Waals surface area contributed by atoms with E-state index < -0.39 is 12.1 Å². The van der Waals surface area contributed by atoms with Gasteiger partial charge in [0.15, 0.2) is 0 Å². The van der Waals surface area contributed by atoms with E-state index in [4.69, 9.17) is 4.74 Å². The molecule has 3 N–H and O–H groups in total. The third kappa shape index (κ3) is 4.91. The topological polar surface area (TPSA) is 87.7 Å². The van der Waals surface area contributed by atoms with Crippen molar-refractivity contribution < 1.29 is 19.4 Å². The van der Waals surface area contributed by atoms with Gasteiger partial charge in [-0.15, -0.1) is 0 Å². The summed E-state index contributed by atoms with van der Waals surface area (Å²) in [5, 5.41) is 15.9. The van der Waals surface area contributed by atoms with Crippen molar-refractivity contribution in [2.24, 2.45) is 0 Å². The Balaban J connectivity index is 1.52. The number of carbonyl (C=O) groups excluding carboxylic acids is 2. The van der Waals surface area contributed by atoms with Crippen LogP contribution in [0.25, 0.3) is 0 Å². The number of hydrogen-bond donors (Lipinski definition) is 3. The molecule has 1 saturated heterocycles. The molecule has 6 nitrogen and oxygen atoms in total. The molecule has 2 amide bonds. The second-order valence-electron chi connectivity index (χ2n) is 6.29. The third-order valence-corrected chi connectivity index (χ3v) is 4.28. The van der Waals surface area contributed by atoms with Crippen LogP contribution in [0.3, 0.4) is 0 Å². The van der Waals surface area contributed by atoms with Gasteiger partial charge < -0.3 is 20.5 Å². The van der Waals surface area contributed by atoms with Crippen LogP contribution in [-0.4, -0.2) is 36.2 Å². The highest BCUT2D eigenvalue weighted by Gasteiger charge is 2.26. The van der Waals surface area contributed by atoms with Crippen molar-refractivity contribution in [3.05, 3.63) is 65.7 Å². The largest absolute Gasteiger partial charge is 0.386 e. The summed E-state index contributed by atoms with van der Waals surface area (Å²) in [7, 11) is 0. The number of aliphatic hydroxyl groups excluding tert-OH is 1. The first-order valence-corrected chi connectivity index (χ1v) is 8.61. The fraction of sp³-hybridized carbons (Fsp3) is 0.300. The zero-order valence-electron chi connectivity index (χ0n) is 14.4. The molecule has 0 aliphatic carbocycles. The maximum Gasteiger partial charge on any atom is 0.246 e. The van der Waals surface area contributed by atoms with Crippen LogP contribution in [0.2, 0.25) is 0 Å². The fourth-order valence-electron chi connectivity index (χ4n) is 2.86. The number of aliphatic hydroxyl groups is 1. The SMILES string of the molecule is O=C(CCc1ccccc1)Nc1ccc([C@@H](O)[C@H]2COCC(=O)N2)cc1. The van der Waals surface area contributed by atoms with Crippen LogP contribution in [0.5, 0.6) is 0 Å². The highest BCUT2D eigenvalue weighted by atomic mass is 16.5. The minimum atomic E-state index is -0.859. The molecule has 1 aliphatic rings. The van der Waals surface area contributed by atoms with Gasteiger partial charge in [-0.25, -0.2) is 0 Å². The number of ether oxygens (including phenoxy) is 1. The molecule has 2 aromatic rings. The number of anilines is 1. The molecule has 6 heteroatoms. The number of rotatable bonds is 6. The standard InChI is InChI=1S/C20H22N2O4/c23-18(11-6-14-4-2-1-3-5-14)21-16-9-7-15(8-10-16)20(25)17-12-26-13-19(24)22-17/h1-5,7-10,17,20,25H,6,11-13H2,(H,21,23)(H,22,24)/t17-,20-/m1/s1. The molecular weight excluding hydrogens is 332 g/mol. The lowest BCUT2D eigenvalue weighted by Crippen LogP contribution is -2.48. The van der Waals surface area contributed by atoms with E-state index in [0.717, 1.165) is 5.56 Å². The van der Waals surface area contributed by atoms with Crippen LogP contribution in [-0.2, 0) is 20.7 Å². The number of hydrogen-bond acceptors (Lipinski definition) is 4. The highest BCUT2D eigenvalue weighted by Crippen LogP contribution is 2.21. The van der Waals surface area contributed by atoms with E-state index in [0.29, 0.717) is 24.1 Å². The van der Waals surface area contributed by atoms with E-state index in [1.807, 2.05) is 30.3 Å². The second kappa shape index (κ2) is 8.60. The Hall–Kier alpha value is -2.70. The van der Waals surface area contributed by atoms with Gasteiger partial charge in [-0.1, -0.05) is 42.5 Å². The number of carbonyl (C=O) groups is 2. The quantitative estimate of drug-likeness (QED) is 0.738. The second-order valence-corrected chi connectivity index (χ2v) is 6.29. The van der Waals surface area contributed by atoms with Crippen molar-refractivity contribution in [1.29, 1.82) is 0 Å². The Morgan fingerprint density at radius 2 is 1.92 bits per heavy atom. The van der Waals surface area contributed by atoms with E-state index in [9.17, 15) is 14.7 Å². The van der Waals surface area contributed by atoms with Gasteiger partial charge in [-0.05, 0) is 29.7 Å². The summed E-state index contributed by atoms with van der Waals surface area (Å²) >= 11 is 0. The molecule has 3 rings (SSSR count). The van der Waals surface area contributed by atoms with Crippen LogP contribution >= 0.6 is 0 Å². The number of nitrogens with one attached hydrogen (secondary N) is 2. The van der Waals surface area contributed by atoms with Gasteiger partial charge in [0.05, 0.1) is 12.6 Å². The molecule has 26 heavy (non-hydrogen) atoms. The summed E-state index contributed by atoms with van der Waals surface area (Å²) in [6.45, 7) is 0.294. The van der Waals surface area contributed by atoms with Crippen LogP contribution in [0, 0.1) is 0 Å². The number of benzene rings is 2. The molecule has 0 spiro atoms. The van der Waals surface area contributed by atoms with Gasteiger partial charge in [0.2, 0.25) is 11.8 Å². The third-order valence-electron chi connectivity index (χ3n) is 4.28. The minimum Gasteiger partial charge on any atom is -0.386 e. The van der Waals surface area contributed by atoms with E-state index in [-0.39, 0.29) is 25.0 Å². The van der Waals surface area contributed by atoms with E-state index in [1.165, 1.54) is 0 Å². The van der Waals surface area contributed by atoms with E-state index in [2.05, 4.69) is 10.6 Å². The highest BCUT2D eigenvalue weighted by molar-refractivity contribution is 5.90. The summed E-state index contributed by atoms with van der Waals surface area (Å²) in [5.74, 6) is -0.294. The van der Waals surface area contributed by atoms with Crippen molar-refractivity contribution in [3.63, 3.8) is 0 Å². The van der Waals surface area contributed by atoms with Crippen LogP contribution in [0.1, 0.15) is 23.7 Å². The normalized spacial score (nSPS) is 18.0. The lowest BCUT2D eigenvalue weighted by Gasteiger charge is -2.28. The molecule has 0 unspecified atom stereocenters.